The molecule has 1 aromatic heterocycles. The van der Waals surface area contributed by atoms with Crippen LogP contribution in [0.25, 0.3) is 11.5 Å². The van der Waals surface area contributed by atoms with Crippen LogP contribution in [0.5, 0.6) is 0 Å². The summed E-state index contributed by atoms with van der Waals surface area (Å²) in [7, 11) is -7.40. The number of aromatic nitrogens is 2. The molecular weight excluding hydrogens is 805 g/mol. The number of benzene rings is 4. The number of hydrogen-bond acceptors (Lipinski definition) is 9. The highest BCUT2D eigenvalue weighted by atomic mass is 32.2. The molecule has 12 nitrogen and oxygen atoms in total. The second kappa shape index (κ2) is 18.5. The van der Waals surface area contributed by atoms with Crippen molar-refractivity contribution in [1.29, 1.82) is 0 Å². The Hall–Kier alpha value is -5.76. The van der Waals surface area contributed by atoms with Crippen molar-refractivity contribution >= 4 is 43.1 Å². The van der Waals surface area contributed by atoms with Gasteiger partial charge in [-0.3, -0.25) is 18.2 Å². The average molecular weight is 840 g/mol. The summed E-state index contributed by atoms with van der Waals surface area (Å²) in [5, 5.41) is 8.41. The summed E-state index contributed by atoms with van der Waals surface area (Å²) >= 11 is 0. The molecule has 1 heterocycles. The van der Waals surface area contributed by atoms with E-state index in [9.17, 15) is 52.8 Å². The summed E-state index contributed by atoms with van der Waals surface area (Å²) in [5.74, 6) is -5.03. The zero-order valence-electron chi connectivity index (χ0n) is 30.6. The van der Waals surface area contributed by atoms with Gasteiger partial charge in [-0.25, -0.2) is 25.6 Å². The van der Waals surface area contributed by atoms with Gasteiger partial charge < -0.3 is 9.73 Å². The Labute approximate surface area is 324 Å². The van der Waals surface area contributed by atoms with Gasteiger partial charge in [-0.2, -0.15) is 17.6 Å². The molecule has 304 valence electrons. The molecule has 0 aliphatic heterocycles. The van der Waals surface area contributed by atoms with E-state index in [1.54, 1.807) is 54.7 Å². The predicted octanol–water partition coefficient (Wildman–Crippen LogP) is 6.75. The van der Waals surface area contributed by atoms with Gasteiger partial charge >= 0.3 is 12.9 Å². The van der Waals surface area contributed by atoms with Gasteiger partial charge in [0.15, 0.2) is 5.78 Å². The third kappa shape index (κ3) is 12.1. The number of anilines is 2. The molecule has 0 radical (unpaired) electrons. The first-order valence-corrected chi connectivity index (χ1v) is 20.2. The van der Waals surface area contributed by atoms with Gasteiger partial charge in [0.25, 0.3) is 11.8 Å². The SMILES string of the molecule is Cc1cccc(N(Cc2ccc(-c3nnc(C(F)F)o3)cc2F)S(C)(=O)=O)c1.Cc1cccc(N(Cc2ccc(C(=O)CNC(=O)C(F)F)cc2F)S(C)(=O)=O)c1. The molecule has 0 atom stereocenters. The molecule has 4 aromatic carbocycles. The lowest BCUT2D eigenvalue weighted by Crippen LogP contribution is -2.34. The fourth-order valence-corrected chi connectivity index (χ4v) is 6.86. The Bertz CT molecular complexity index is 2470. The highest BCUT2D eigenvalue weighted by molar-refractivity contribution is 7.92. The quantitative estimate of drug-likeness (QED) is 0.0943. The van der Waals surface area contributed by atoms with Crippen molar-refractivity contribution in [1.82, 2.24) is 15.5 Å². The van der Waals surface area contributed by atoms with Crippen molar-refractivity contribution in [2.24, 2.45) is 0 Å². The fraction of sp³-hybridized carbons (Fsp3) is 0.243. The Morgan fingerprint density at radius 2 is 1.23 bits per heavy atom. The third-order valence-corrected chi connectivity index (χ3v) is 10.2. The summed E-state index contributed by atoms with van der Waals surface area (Å²) in [4.78, 5) is 22.8. The first-order chi connectivity index (χ1) is 26.6. The Morgan fingerprint density at radius 3 is 1.65 bits per heavy atom. The van der Waals surface area contributed by atoms with Crippen molar-refractivity contribution in [3.63, 3.8) is 0 Å². The summed E-state index contributed by atoms with van der Waals surface area (Å²) < 4.78 is 134. The maximum Gasteiger partial charge on any atom is 0.315 e. The number of aryl methyl sites for hydroxylation is 2. The van der Waals surface area contributed by atoms with Crippen LogP contribution in [0.15, 0.2) is 89.3 Å². The topological polar surface area (TPSA) is 160 Å². The molecule has 0 bridgehead atoms. The summed E-state index contributed by atoms with van der Waals surface area (Å²) in [6.07, 6.45) is -4.16. The van der Waals surface area contributed by atoms with E-state index in [1.807, 2.05) is 13.0 Å². The molecule has 0 aliphatic carbocycles. The molecule has 5 aromatic rings. The highest BCUT2D eigenvalue weighted by Crippen LogP contribution is 2.28. The van der Waals surface area contributed by atoms with Crippen molar-refractivity contribution in [3.05, 3.63) is 130 Å². The third-order valence-electron chi connectivity index (χ3n) is 7.93. The highest BCUT2D eigenvalue weighted by Gasteiger charge is 2.23. The second-order valence-electron chi connectivity index (χ2n) is 12.5. The van der Waals surface area contributed by atoms with E-state index in [-0.39, 0.29) is 41.2 Å². The maximum atomic E-state index is 14.6. The molecular formula is C37H35F6N5O7S2. The van der Waals surface area contributed by atoms with Crippen LogP contribution < -0.4 is 13.9 Å². The lowest BCUT2D eigenvalue weighted by atomic mass is 10.1. The average Bonchev–Trinajstić information content (AvgIpc) is 3.63. The van der Waals surface area contributed by atoms with Gasteiger partial charge in [0.1, 0.15) is 11.6 Å². The first-order valence-electron chi connectivity index (χ1n) is 16.5. The Balaban J connectivity index is 0.000000253. The zero-order valence-corrected chi connectivity index (χ0v) is 32.2. The fourth-order valence-electron chi connectivity index (χ4n) is 5.12. The van der Waals surface area contributed by atoms with Crippen molar-refractivity contribution in [2.45, 2.75) is 39.8 Å². The van der Waals surface area contributed by atoms with Gasteiger partial charge in [-0.05, 0) is 67.4 Å². The van der Waals surface area contributed by atoms with E-state index < -0.39 is 68.7 Å². The van der Waals surface area contributed by atoms with Gasteiger partial charge in [-0.1, -0.05) is 42.5 Å². The van der Waals surface area contributed by atoms with Crippen LogP contribution >= 0.6 is 0 Å². The molecule has 0 spiro atoms. The number of Topliss-reactive ketones (excluding diaryl/α,β-unsaturated/α-hetero) is 1. The zero-order chi connectivity index (χ0) is 42.2. The minimum Gasteiger partial charge on any atom is -0.415 e. The predicted molar refractivity (Wildman–Crippen MR) is 199 cm³/mol. The molecule has 1 amide bonds. The van der Waals surface area contributed by atoms with Gasteiger partial charge in [0, 0.05) is 22.3 Å². The number of halogens is 6. The van der Waals surface area contributed by atoms with E-state index in [0.29, 0.717) is 11.4 Å². The van der Waals surface area contributed by atoms with Crippen molar-refractivity contribution in [2.75, 3.05) is 27.7 Å². The number of hydrogen-bond donors (Lipinski definition) is 1. The monoisotopic (exact) mass is 839 g/mol. The number of sulfonamides is 2. The van der Waals surface area contributed by atoms with E-state index in [4.69, 9.17) is 4.42 Å². The van der Waals surface area contributed by atoms with Crippen LogP contribution in [0.4, 0.5) is 37.7 Å². The minimum atomic E-state index is -3.72. The van der Waals surface area contributed by atoms with Crippen LogP contribution in [0.3, 0.4) is 0 Å². The molecule has 57 heavy (non-hydrogen) atoms. The molecule has 0 saturated heterocycles. The van der Waals surface area contributed by atoms with Gasteiger partial charge in [-0.15, -0.1) is 10.2 Å². The molecule has 5 rings (SSSR count). The van der Waals surface area contributed by atoms with Crippen LogP contribution in [0.2, 0.25) is 0 Å². The number of carbonyl (C=O) groups is 2. The van der Waals surface area contributed by atoms with Crippen molar-refractivity contribution in [3.8, 4) is 11.5 Å². The molecule has 20 heteroatoms. The largest absolute Gasteiger partial charge is 0.415 e. The number of alkyl halides is 4. The van der Waals surface area contributed by atoms with Gasteiger partial charge in [0.2, 0.25) is 25.9 Å². The van der Waals surface area contributed by atoms with Gasteiger partial charge in [0.05, 0.1) is 43.5 Å². The molecule has 0 aliphatic rings. The van der Waals surface area contributed by atoms with E-state index in [0.717, 1.165) is 44.4 Å². The number of carbonyl (C=O) groups excluding carboxylic acids is 2. The second-order valence-corrected chi connectivity index (χ2v) is 16.3. The number of rotatable bonds is 14. The smallest absolute Gasteiger partial charge is 0.315 e. The number of ketones is 1. The maximum absolute atomic E-state index is 14.6. The summed E-state index contributed by atoms with van der Waals surface area (Å²) in [5.41, 5.74) is 2.54. The number of nitrogens with one attached hydrogen (secondary N) is 1. The lowest BCUT2D eigenvalue weighted by molar-refractivity contribution is -0.131. The minimum absolute atomic E-state index is 0.0186. The molecule has 0 fully saturated rings. The number of nitrogens with zero attached hydrogens (tertiary/aromatic N) is 4. The Kier molecular flexibility index (Phi) is 14.2. The first kappa shape index (κ1) is 44.0. The van der Waals surface area contributed by atoms with E-state index in [2.05, 4.69) is 10.2 Å². The Morgan fingerprint density at radius 1 is 0.719 bits per heavy atom. The summed E-state index contributed by atoms with van der Waals surface area (Å²) in [6, 6.07) is 20.7. The number of amides is 1. The van der Waals surface area contributed by atoms with Crippen LogP contribution in [-0.2, 0) is 37.9 Å². The van der Waals surface area contributed by atoms with Crippen LogP contribution in [0, 0.1) is 25.5 Å². The van der Waals surface area contributed by atoms with E-state index in [1.165, 1.54) is 24.3 Å². The summed E-state index contributed by atoms with van der Waals surface area (Å²) in [6.45, 7) is 2.36. The normalized spacial score (nSPS) is 11.6. The molecule has 1 N–H and O–H groups in total. The van der Waals surface area contributed by atoms with Crippen LogP contribution in [0.1, 0.15) is 44.9 Å². The van der Waals surface area contributed by atoms with E-state index >= 15 is 0 Å². The standard InChI is InChI=1S/C19H19F3N2O4S.C18H16F3N3O3S/c1-12-4-3-5-15(8-12)24(29(2,27)28)11-14-7-6-13(9-16(14)20)17(25)10-23-19(26)18(21)22;1-11-4-3-5-14(8-11)24(28(2,25)26)10-13-7-6-12(9-15(13)19)17-22-23-18(27-17)16(20)21/h3-9,18H,10-11H2,1-2H3,(H,23,26);3-9,16H,10H2,1-2H3. The molecule has 0 saturated carbocycles. The lowest BCUT2D eigenvalue weighted by Gasteiger charge is -2.23. The van der Waals surface area contributed by atoms with Crippen LogP contribution in [-0.4, -0.2) is 64.2 Å². The molecule has 0 unspecified atom stereocenters. The van der Waals surface area contributed by atoms with Crippen molar-refractivity contribution < 1.29 is 57.2 Å².